The Bertz CT molecular complexity index is 932. The number of carbonyl (C=O) groups excluding carboxylic acids is 3. The summed E-state index contributed by atoms with van der Waals surface area (Å²) in [4.78, 5) is 39.5. The average molecular weight is 449 g/mol. The summed E-state index contributed by atoms with van der Waals surface area (Å²) in [5, 5.41) is 5.78. The number of rotatable bonds is 7. The molecule has 0 aliphatic carbocycles. The van der Waals surface area contributed by atoms with Crippen molar-refractivity contribution >= 4 is 40.7 Å². The number of nitrogens with two attached hydrogens (primary N) is 1. The van der Waals surface area contributed by atoms with E-state index >= 15 is 0 Å². The van der Waals surface area contributed by atoms with Gasteiger partial charge in [-0.1, -0.05) is 35.9 Å². The third-order valence-electron chi connectivity index (χ3n) is 5.10. The lowest BCUT2D eigenvalue weighted by Crippen LogP contribution is -2.49. The Balaban J connectivity index is 1.76. The zero-order chi connectivity index (χ0) is 21.7. The van der Waals surface area contributed by atoms with Gasteiger partial charge < -0.3 is 21.3 Å². The summed E-state index contributed by atoms with van der Waals surface area (Å²) < 4.78 is 0.483. The van der Waals surface area contributed by atoms with Crippen LogP contribution < -0.4 is 16.4 Å². The van der Waals surface area contributed by atoms with Crippen molar-refractivity contribution in [2.24, 2.45) is 5.73 Å². The molecule has 160 valence electrons. The molecule has 1 unspecified atom stereocenters. The molecule has 2 heterocycles. The maximum absolute atomic E-state index is 13.1. The average Bonchev–Trinajstić information content (AvgIpc) is 3.08. The quantitative estimate of drug-likeness (QED) is 0.603. The van der Waals surface area contributed by atoms with E-state index in [1.54, 1.807) is 12.1 Å². The first-order chi connectivity index (χ1) is 14.3. The van der Waals surface area contributed by atoms with E-state index in [-0.39, 0.29) is 24.8 Å². The Labute approximate surface area is 184 Å². The molecule has 0 saturated carbocycles. The van der Waals surface area contributed by atoms with Crippen LogP contribution in [0.2, 0.25) is 4.34 Å². The second-order valence-electron chi connectivity index (χ2n) is 7.41. The van der Waals surface area contributed by atoms with Crippen LogP contribution in [0.5, 0.6) is 0 Å². The molecule has 2 atom stereocenters. The van der Waals surface area contributed by atoms with Crippen LogP contribution >= 0.6 is 22.9 Å². The molecule has 1 aliphatic rings. The number of primary amides is 1. The smallest absolute Gasteiger partial charge is 0.262 e. The zero-order valence-electron chi connectivity index (χ0n) is 16.7. The predicted octanol–water partition coefficient (Wildman–Crippen LogP) is 2.11. The first-order valence-electron chi connectivity index (χ1n) is 9.74. The van der Waals surface area contributed by atoms with Crippen molar-refractivity contribution in [2.75, 3.05) is 20.1 Å². The number of thiophene rings is 1. The molecule has 4 N–H and O–H groups in total. The highest BCUT2D eigenvalue weighted by Crippen LogP contribution is 2.24. The van der Waals surface area contributed by atoms with Gasteiger partial charge >= 0.3 is 0 Å². The van der Waals surface area contributed by atoms with Crippen LogP contribution in [0.15, 0.2) is 36.4 Å². The lowest BCUT2D eigenvalue weighted by Gasteiger charge is -2.25. The molecule has 2 aromatic rings. The zero-order valence-corrected chi connectivity index (χ0v) is 18.3. The molecule has 3 amide bonds. The molecule has 30 heavy (non-hydrogen) atoms. The van der Waals surface area contributed by atoms with Gasteiger partial charge in [0.1, 0.15) is 6.04 Å². The maximum atomic E-state index is 13.1. The fourth-order valence-corrected chi connectivity index (χ4v) is 4.48. The number of hydrogen-bond donors (Lipinski definition) is 3. The van der Waals surface area contributed by atoms with Crippen LogP contribution in [0, 0.1) is 0 Å². The second kappa shape index (κ2) is 10.1. The Morgan fingerprint density at radius 3 is 2.73 bits per heavy atom. The number of fused-ring (bicyclic) bond motifs is 1. The summed E-state index contributed by atoms with van der Waals surface area (Å²) in [6, 6.07) is 10.2. The molecule has 0 bridgehead atoms. The molecule has 9 heteroatoms. The van der Waals surface area contributed by atoms with E-state index in [0.29, 0.717) is 15.8 Å². The van der Waals surface area contributed by atoms with Gasteiger partial charge in [-0.05, 0) is 43.1 Å². The number of likely N-dealkylation sites (N-methyl/N-ethyl adjacent to an activating group) is 1. The fourth-order valence-electron chi connectivity index (χ4n) is 3.53. The van der Waals surface area contributed by atoms with E-state index < -0.39 is 17.9 Å². The van der Waals surface area contributed by atoms with E-state index in [0.717, 1.165) is 29.9 Å². The van der Waals surface area contributed by atoms with Crippen LogP contribution in [-0.4, -0.2) is 48.8 Å². The molecule has 0 fully saturated rings. The Morgan fingerprint density at radius 1 is 1.27 bits per heavy atom. The molecule has 0 saturated heterocycles. The van der Waals surface area contributed by atoms with Crippen molar-refractivity contribution in [1.82, 2.24) is 15.5 Å². The summed E-state index contributed by atoms with van der Waals surface area (Å²) in [5.74, 6) is -1.28. The molecule has 0 radical (unpaired) electrons. The van der Waals surface area contributed by atoms with Crippen LogP contribution in [0.1, 0.15) is 39.7 Å². The minimum absolute atomic E-state index is 0.00921. The molecule has 1 aromatic heterocycles. The third-order valence-corrected chi connectivity index (χ3v) is 6.33. The maximum Gasteiger partial charge on any atom is 0.262 e. The number of nitrogens with one attached hydrogen (secondary N) is 2. The SMILES string of the molecule is CN1CCc2ccccc2C(NC(=O)[C@@H](CCC(N)=O)NC(=O)c2ccc(Cl)s2)C1. The summed E-state index contributed by atoms with van der Waals surface area (Å²) in [5.41, 5.74) is 7.53. The molecular weight excluding hydrogens is 424 g/mol. The molecule has 3 rings (SSSR count). The molecule has 7 nitrogen and oxygen atoms in total. The number of benzene rings is 1. The van der Waals surface area contributed by atoms with Gasteiger partial charge in [-0.15, -0.1) is 11.3 Å². The van der Waals surface area contributed by atoms with Crippen LogP contribution in [0.3, 0.4) is 0 Å². The van der Waals surface area contributed by atoms with E-state index in [2.05, 4.69) is 21.6 Å². The molecular formula is C21H25ClN4O3S. The fraction of sp³-hybridized carbons (Fsp3) is 0.381. The van der Waals surface area contributed by atoms with Crippen LogP contribution in [0.25, 0.3) is 0 Å². The monoisotopic (exact) mass is 448 g/mol. The minimum atomic E-state index is -0.883. The van der Waals surface area contributed by atoms with Crippen molar-refractivity contribution in [3.63, 3.8) is 0 Å². The largest absolute Gasteiger partial charge is 0.370 e. The highest BCUT2D eigenvalue weighted by molar-refractivity contribution is 7.18. The van der Waals surface area contributed by atoms with Crippen molar-refractivity contribution in [3.05, 3.63) is 56.7 Å². The summed E-state index contributed by atoms with van der Waals surface area (Å²) in [7, 11) is 2.01. The minimum Gasteiger partial charge on any atom is -0.370 e. The van der Waals surface area contributed by atoms with Gasteiger partial charge in [0, 0.05) is 19.5 Å². The van der Waals surface area contributed by atoms with E-state index in [9.17, 15) is 14.4 Å². The summed E-state index contributed by atoms with van der Waals surface area (Å²) >= 11 is 7.03. The number of carbonyl (C=O) groups is 3. The van der Waals surface area contributed by atoms with Crippen molar-refractivity contribution < 1.29 is 14.4 Å². The number of hydrogen-bond acceptors (Lipinski definition) is 5. The van der Waals surface area contributed by atoms with Gasteiger partial charge in [0.15, 0.2) is 0 Å². The Kier molecular flexibility index (Phi) is 7.47. The van der Waals surface area contributed by atoms with Crippen LogP contribution in [0.4, 0.5) is 0 Å². The van der Waals surface area contributed by atoms with Crippen LogP contribution in [-0.2, 0) is 16.0 Å². The van der Waals surface area contributed by atoms with E-state index in [1.165, 1.54) is 5.56 Å². The van der Waals surface area contributed by atoms with E-state index in [4.69, 9.17) is 17.3 Å². The Morgan fingerprint density at radius 2 is 2.03 bits per heavy atom. The third kappa shape index (κ3) is 5.81. The lowest BCUT2D eigenvalue weighted by atomic mass is 9.99. The molecule has 1 aromatic carbocycles. The molecule has 1 aliphatic heterocycles. The van der Waals surface area contributed by atoms with Gasteiger partial charge in [-0.25, -0.2) is 0 Å². The predicted molar refractivity (Wildman–Crippen MR) is 118 cm³/mol. The number of amides is 3. The number of nitrogens with zero attached hydrogens (tertiary/aromatic N) is 1. The summed E-state index contributed by atoms with van der Waals surface area (Å²) in [6.45, 7) is 1.55. The highest BCUT2D eigenvalue weighted by atomic mass is 35.5. The van der Waals surface area contributed by atoms with Gasteiger partial charge in [0.05, 0.1) is 15.3 Å². The first kappa shape index (κ1) is 22.3. The van der Waals surface area contributed by atoms with Gasteiger partial charge in [-0.3, -0.25) is 14.4 Å². The Hall–Kier alpha value is -2.42. The highest BCUT2D eigenvalue weighted by Gasteiger charge is 2.28. The van der Waals surface area contributed by atoms with Crippen molar-refractivity contribution in [3.8, 4) is 0 Å². The van der Waals surface area contributed by atoms with Gasteiger partial charge in [0.2, 0.25) is 11.8 Å². The standard InChI is InChI=1S/C21H25ClN4O3S/c1-26-11-10-13-4-2-3-5-14(13)16(12-26)25-20(28)15(6-9-19(23)27)24-21(29)17-7-8-18(22)30-17/h2-5,7-8,15-16H,6,9-12H2,1H3,(H2,23,27)(H,24,29)(H,25,28)/t15-,16?/m1/s1. The lowest BCUT2D eigenvalue weighted by molar-refractivity contribution is -0.124. The summed E-state index contributed by atoms with van der Waals surface area (Å²) in [6.07, 6.45) is 1.01. The van der Waals surface area contributed by atoms with E-state index in [1.807, 2.05) is 25.2 Å². The van der Waals surface area contributed by atoms with Gasteiger partial charge in [-0.2, -0.15) is 0 Å². The first-order valence-corrected chi connectivity index (χ1v) is 10.9. The van der Waals surface area contributed by atoms with Crippen molar-refractivity contribution in [1.29, 1.82) is 0 Å². The normalized spacial score (nSPS) is 17.5. The molecule has 0 spiro atoms. The van der Waals surface area contributed by atoms with Gasteiger partial charge in [0.25, 0.3) is 5.91 Å². The topological polar surface area (TPSA) is 105 Å². The number of halogens is 1. The second-order valence-corrected chi connectivity index (χ2v) is 9.12. The van der Waals surface area contributed by atoms with Crippen molar-refractivity contribution in [2.45, 2.75) is 31.3 Å².